The maximum Gasteiger partial charge on any atom is 0.151 e. The van der Waals surface area contributed by atoms with Gasteiger partial charge in [0.1, 0.15) is 5.75 Å². The monoisotopic (exact) mass is 326 g/mol. The van der Waals surface area contributed by atoms with Crippen LogP contribution in [0.15, 0.2) is 64.2 Å². The number of nitrogens with zero attached hydrogens (tertiary/aromatic N) is 2. The summed E-state index contributed by atoms with van der Waals surface area (Å²) in [6.45, 7) is 0. The van der Waals surface area contributed by atoms with E-state index in [-0.39, 0.29) is 5.75 Å². The van der Waals surface area contributed by atoms with Crippen molar-refractivity contribution in [2.45, 2.75) is 0 Å². The van der Waals surface area contributed by atoms with E-state index in [0.29, 0.717) is 11.4 Å². The van der Waals surface area contributed by atoms with Crippen LogP contribution < -0.4 is 0 Å². The number of hydrogen-bond acceptors (Lipinski definition) is 3. The van der Waals surface area contributed by atoms with Crippen LogP contribution in [0.5, 0.6) is 5.75 Å². The van der Waals surface area contributed by atoms with Gasteiger partial charge in [0.15, 0.2) is 5.82 Å². The Morgan fingerprint density at radius 2 is 2.00 bits per heavy atom. The Bertz CT molecular complexity index is 785. The SMILES string of the molecule is Oc1ccc2cc(Br)ccc2c1C=Nc1ccccn1. The van der Waals surface area contributed by atoms with E-state index in [1.165, 1.54) is 0 Å². The summed E-state index contributed by atoms with van der Waals surface area (Å²) < 4.78 is 1.00. The third-order valence-electron chi connectivity index (χ3n) is 2.98. The molecule has 1 N–H and O–H groups in total. The van der Waals surface area contributed by atoms with Gasteiger partial charge >= 0.3 is 0 Å². The summed E-state index contributed by atoms with van der Waals surface area (Å²) in [7, 11) is 0. The second kappa shape index (κ2) is 5.43. The molecule has 2 aromatic carbocycles. The zero-order valence-electron chi connectivity index (χ0n) is 10.5. The van der Waals surface area contributed by atoms with Crippen LogP contribution in [0.1, 0.15) is 5.56 Å². The predicted octanol–water partition coefficient (Wildman–Crippen LogP) is 4.45. The van der Waals surface area contributed by atoms with E-state index >= 15 is 0 Å². The van der Waals surface area contributed by atoms with Crippen LogP contribution in [-0.4, -0.2) is 16.3 Å². The predicted molar refractivity (Wildman–Crippen MR) is 84.8 cm³/mol. The minimum absolute atomic E-state index is 0.208. The van der Waals surface area contributed by atoms with Gasteiger partial charge < -0.3 is 5.11 Å². The number of fused-ring (bicyclic) bond motifs is 1. The molecule has 4 heteroatoms. The largest absolute Gasteiger partial charge is 0.507 e. The van der Waals surface area contributed by atoms with Crippen molar-refractivity contribution < 1.29 is 5.11 Å². The summed E-state index contributed by atoms with van der Waals surface area (Å²) in [5.41, 5.74) is 0.695. The van der Waals surface area contributed by atoms with E-state index in [1.54, 1.807) is 18.5 Å². The fourth-order valence-electron chi connectivity index (χ4n) is 2.01. The van der Waals surface area contributed by atoms with Crippen molar-refractivity contribution in [2.75, 3.05) is 0 Å². The fourth-order valence-corrected chi connectivity index (χ4v) is 2.39. The lowest BCUT2D eigenvalue weighted by Gasteiger charge is -2.05. The number of hydrogen-bond donors (Lipinski definition) is 1. The van der Waals surface area contributed by atoms with E-state index in [4.69, 9.17) is 0 Å². The van der Waals surface area contributed by atoms with Crippen LogP contribution in [0.25, 0.3) is 10.8 Å². The van der Waals surface area contributed by atoms with Gasteiger partial charge in [-0.05, 0) is 41.1 Å². The molecule has 0 atom stereocenters. The average Bonchev–Trinajstić information content (AvgIpc) is 2.47. The molecule has 1 heterocycles. The molecule has 0 radical (unpaired) electrons. The van der Waals surface area contributed by atoms with Crippen molar-refractivity contribution in [1.82, 2.24) is 4.98 Å². The van der Waals surface area contributed by atoms with Crippen LogP contribution in [0.2, 0.25) is 0 Å². The van der Waals surface area contributed by atoms with Gasteiger partial charge in [0, 0.05) is 22.4 Å². The van der Waals surface area contributed by atoms with Gasteiger partial charge in [0.05, 0.1) is 0 Å². The topological polar surface area (TPSA) is 45.5 Å². The maximum absolute atomic E-state index is 10.0. The van der Waals surface area contributed by atoms with Crippen molar-refractivity contribution in [3.05, 3.63) is 64.8 Å². The molecule has 3 rings (SSSR count). The number of phenolic OH excluding ortho intramolecular Hbond substituents is 1. The highest BCUT2D eigenvalue weighted by Gasteiger charge is 2.05. The van der Waals surface area contributed by atoms with Gasteiger partial charge in [-0.1, -0.05) is 34.1 Å². The Hall–Kier alpha value is -2.20. The van der Waals surface area contributed by atoms with Gasteiger partial charge in [-0.3, -0.25) is 0 Å². The van der Waals surface area contributed by atoms with E-state index < -0.39 is 0 Å². The minimum atomic E-state index is 0.208. The molecule has 0 aliphatic heterocycles. The maximum atomic E-state index is 10.0. The van der Waals surface area contributed by atoms with Crippen LogP contribution in [-0.2, 0) is 0 Å². The summed E-state index contributed by atoms with van der Waals surface area (Å²) in [4.78, 5) is 8.43. The molecule has 20 heavy (non-hydrogen) atoms. The van der Waals surface area contributed by atoms with Crippen molar-refractivity contribution >= 4 is 38.7 Å². The first-order valence-corrected chi connectivity index (χ1v) is 6.90. The molecule has 0 saturated heterocycles. The molecule has 0 aliphatic carbocycles. The summed E-state index contributed by atoms with van der Waals surface area (Å²) in [5.74, 6) is 0.820. The Balaban J connectivity index is 2.11. The molecule has 0 fully saturated rings. The highest BCUT2D eigenvalue weighted by molar-refractivity contribution is 9.10. The number of phenols is 1. The van der Waals surface area contributed by atoms with Crippen LogP contribution in [0.3, 0.4) is 0 Å². The van der Waals surface area contributed by atoms with E-state index in [1.807, 2.05) is 42.5 Å². The second-order valence-corrected chi connectivity index (χ2v) is 5.23. The van der Waals surface area contributed by atoms with E-state index in [2.05, 4.69) is 25.9 Å². The molecular formula is C16H11BrN2O. The summed E-state index contributed by atoms with van der Waals surface area (Å²) in [5, 5.41) is 12.0. The van der Waals surface area contributed by atoms with Gasteiger partial charge in [0.2, 0.25) is 0 Å². The Kier molecular flexibility index (Phi) is 3.48. The van der Waals surface area contributed by atoms with Gasteiger partial charge in [-0.15, -0.1) is 0 Å². The molecular weight excluding hydrogens is 316 g/mol. The number of benzene rings is 2. The third-order valence-corrected chi connectivity index (χ3v) is 3.47. The number of pyridine rings is 1. The highest BCUT2D eigenvalue weighted by Crippen LogP contribution is 2.28. The van der Waals surface area contributed by atoms with Gasteiger partial charge in [-0.2, -0.15) is 0 Å². The summed E-state index contributed by atoms with van der Waals surface area (Å²) >= 11 is 3.45. The van der Waals surface area contributed by atoms with E-state index in [0.717, 1.165) is 15.2 Å². The number of rotatable bonds is 2. The van der Waals surface area contributed by atoms with Crippen LogP contribution in [0, 0.1) is 0 Å². The molecule has 98 valence electrons. The minimum Gasteiger partial charge on any atom is -0.507 e. The van der Waals surface area contributed by atoms with Crippen LogP contribution in [0.4, 0.5) is 5.82 Å². The molecule has 0 saturated carbocycles. The Labute approximate surface area is 124 Å². The lowest BCUT2D eigenvalue weighted by atomic mass is 10.0. The van der Waals surface area contributed by atoms with Crippen molar-refractivity contribution in [2.24, 2.45) is 4.99 Å². The second-order valence-electron chi connectivity index (χ2n) is 4.31. The van der Waals surface area contributed by atoms with Crippen molar-refractivity contribution in [1.29, 1.82) is 0 Å². The fraction of sp³-hybridized carbons (Fsp3) is 0. The summed E-state index contributed by atoms with van der Waals surface area (Å²) in [6, 6.07) is 15.0. The molecule has 3 nitrogen and oxygen atoms in total. The molecule has 3 aromatic rings. The molecule has 0 aliphatic rings. The van der Waals surface area contributed by atoms with Gasteiger partial charge in [-0.25, -0.2) is 9.98 Å². The Morgan fingerprint density at radius 1 is 1.10 bits per heavy atom. The first kappa shape index (κ1) is 12.8. The molecule has 0 unspecified atom stereocenters. The summed E-state index contributed by atoms with van der Waals surface area (Å²) in [6.07, 6.45) is 3.33. The molecule has 0 bridgehead atoms. The van der Waals surface area contributed by atoms with Crippen LogP contribution >= 0.6 is 15.9 Å². The normalized spacial score (nSPS) is 11.2. The first-order chi connectivity index (χ1) is 9.74. The number of aromatic hydroxyl groups is 1. The molecule has 0 spiro atoms. The third kappa shape index (κ3) is 2.56. The lowest BCUT2D eigenvalue weighted by Crippen LogP contribution is -1.86. The van der Waals surface area contributed by atoms with Crippen molar-refractivity contribution in [3.63, 3.8) is 0 Å². The number of aliphatic imine (C=N–C) groups is 1. The number of aromatic nitrogens is 1. The first-order valence-electron chi connectivity index (χ1n) is 6.10. The Morgan fingerprint density at radius 3 is 2.80 bits per heavy atom. The standard InChI is InChI=1S/C16H11BrN2O/c17-12-5-6-13-11(9-12)4-7-15(20)14(13)10-19-16-3-1-2-8-18-16/h1-10,20H. The highest BCUT2D eigenvalue weighted by atomic mass is 79.9. The molecule has 1 aromatic heterocycles. The number of halogens is 1. The quantitative estimate of drug-likeness (QED) is 0.707. The van der Waals surface area contributed by atoms with E-state index in [9.17, 15) is 5.11 Å². The van der Waals surface area contributed by atoms with Gasteiger partial charge in [0.25, 0.3) is 0 Å². The smallest absolute Gasteiger partial charge is 0.151 e. The van der Waals surface area contributed by atoms with Crippen molar-refractivity contribution in [3.8, 4) is 5.75 Å². The zero-order chi connectivity index (χ0) is 13.9. The zero-order valence-corrected chi connectivity index (χ0v) is 12.1. The molecule has 0 amide bonds. The lowest BCUT2D eigenvalue weighted by molar-refractivity contribution is 0.475. The average molecular weight is 327 g/mol.